The molecule has 96 valence electrons. The van der Waals surface area contributed by atoms with E-state index in [1.165, 1.54) is 12.1 Å². The summed E-state index contributed by atoms with van der Waals surface area (Å²) in [6.45, 7) is 0. The maximum atomic E-state index is 12.6. The van der Waals surface area contributed by atoms with Gasteiger partial charge in [0.25, 0.3) is 0 Å². The largest absolute Gasteiger partial charge is 0.456 e. The predicted octanol–water partition coefficient (Wildman–Crippen LogP) is 3.97. The molecular weight excluding hydrogens is 257 g/mol. The Balaban J connectivity index is 2.43. The van der Waals surface area contributed by atoms with Gasteiger partial charge in [-0.3, -0.25) is 4.79 Å². The molecule has 0 aliphatic heterocycles. The van der Waals surface area contributed by atoms with Gasteiger partial charge in [0.05, 0.1) is 16.3 Å². The summed E-state index contributed by atoms with van der Waals surface area (Å²) in [6, 6.07) is 9.37. The SMILES string of the molecule is O=c1c2ccccc2oc2ccc(C(F)(F)F)cc12. The maximum absolute atomic E-state index is 12.6. The van der Waals surface area contributed by atoms with Crippen molar-refractivity contribution in [1.82, 2.24) is 0 Å². The quantitative estimate of drug-likeness (QED) is 0.575. The van der Waals surface area contributed by atoms with Crippen molar-refractivity contribution in [2.45, 2.75) is 6.18 Å². The molecular formula is C14H7F3O2. The third-order valence-corrected chi connectivity index (χ3v) is 2.90. The van der Waals surface area contributed by atoms with Gasteiger partial charge < -0.3 is 4.42 Å². The normalized spacial score (nSPS) is 12.2. The maximum Gasteiger partial charge on any atom is 0.416 e. The number of fused-ring (bicyclic) bond motifs is 2. The number of benzene rings is 2. The molecule has 0 saturated carbocycles. The standard InChI is InChI=1S/C14H7F3O2/c15-14(16,17)8-5-6-12-10(7-8)13(18)9-3-1-2-4-11(9)19-12/h1-7H. The van der Waals surface area contributed by atoms with Crippen LogP contribution in [0.4, 0.5) is 13.2 Å². The van der Waals surface area contributed by atoms with E-state index in [9.17, 15) is 18.0 Å². The van der Waals surface area contributed by atoms with E-state index in [1.54, 1.807) is 18.2 Å². The van der Waals surface area contributed by atoms with E-state index in [-0.39, 0.29) is 16.4 Å². The van der Waals surface area contributed by atoms with Crippen LogP contribution in [0.25, 0.3) is 21.9 Å². The second-order valence-electron chi connectivity index (χ2n) is 4.14. The molecule has 3 aromatic rings. The van der Waals surface area contributed by atoms with E-state index < -0.39 is 17.2 Å². The molecule has 0 aliphatic rings. The third kappa shape index (κ3) is 1.87. The Hall–Kier alpha value is -2.30. The predicted molar refractivity (Wildman–Crippen MR) is 65.0 cm³/mol. The van der Waals surface area contributed by atoms with Crippen LogP contribution >= 0.6 is 0 Å². The zero-order valence-electron chi connectivity index (χ0n) is 9.49. The Morgan fingerprint density at radius 2 is 1.58 bits per heavy atom. The zero-order valence-corrected chi connectivity index (χ0v) is 9.49. The van der Waals surface area contributed by atoms with Crippen molar-refractivity contribution in [1.29, 1.82) is 0 Å². The fraction of sp³-hybridized carbons (Fsp3) is 0.0714. The van der Waals surface area contributed by atoms with Crippen LogP contribution in [0.5, 0.6) is 0 Å². The van der Waals surface area contributed by atoms with Crippen LogP contribution < -0.4 is 5.43 Å². The fourth-order valence-corrected chi connectivity index (χ4v) is 1.98. The summed E-state index contributed by atoms with van der Waals surface area (Å²) in [6.07, 6.45) is -4.48. The van der Waals surface area contributed by atoms with E-state index in [2.05, 4.69) is 0 Å². The third-order valence-electron chi connectivity index (χ3n) is 2.90. The first-order valence-corrected chi connectivity index (χ1v) is 5.49. The van der Waals surface area contributed by atoms with Crippen molar-refractivity contribution >= 4 is 21.9 Å². The molecule has 0 unspecified atom stereocenters. The first-order valence-electron chi connectivity index (χ1n) is 5.49. The Labute approximate surface area is 105 Å². The lowest BCUT2D eigenvalue weighted by atomic mass is 10.1. The van der Waals surface area contributed by atoms with Crippen LogP contribution in [0.3, 0.4) is 0 Å². The molecule has 0 radical (unpaired) electrons. The fourth-order valence-electron chi connectivity index (χ4n) is 1.98. The molecule has 5 heteroatoms. The Morgan fingerprint density at radius 1 is 0.895 bits per heavy atom. The zero-order chi connectivity index (χ0) is 13.6. The molecule has 0 fully saturated rings. The molecule has 0 aliphatic carbocycles. The van der Waals surface area contributed by atoms with Crippen LogP contribution in [0.15, 0.2) is 51.7 Å². The number of hydrogen-bond acceptors (Lipinski definition) is 2. The van der Waals surface area contributed by atoms with Gasteiger partial charge in [0.15, 0.2) is 0 Å². The first-order chi connectivity index (χ1) is 8.97. The highest BCUT2D eigenvalue weighted by Gasteiger charge is 2.30. The highest BCUT2D eigenvalue weighted by molar-refractivity contribution is 5.89. The minimum atomic E-state index is -4.48. The van der Waals surface area contributed by atoms with E-state index in [0.29, 0.717) is 5.58 Å². The molecule has 0 saturated heterocycles. The van der Waals surface area contributed by atoms with Crippen molar-refractivity contribution < 1.29 is 17.6 Å². The summed E-state index contributed by atoms with van der Waals surface area (Å²) >= 11 is 0. The molecule has 1 aromatic heterocycles. The number of halogens is 3. The van der Waals surface area contributed by atoms with Crippen LogP contribution in [-0.4, -0.2) is 0 Å². The average Bonchev–Trinajstić information content (AvgIpc) is 2.37. The molecule has 0 bridgehead atoms. The van der Waals surface area contributed by atoms with Gasteiger partial charge in [-0.25, -0.2) is 0 Å². The van der Waals surface area contributed by atoms with E-state index in [0.717, 1.165) is 12.1 Å². The second-order valence-corrected chi connectivity index (χ2v) is 4.14. The van der Waals surface area contributed by atoms with Crippen LogP contribution in [0.2, 0.25) is 0 Å². The van der Waals surface area contributed by atoms with Crippen molar-refractivity contribution in [3.63, 3.8) is 0 Å². The van der Waals surface area contributed by atoms with Gasteiger partial charge in [0, 0.05) is 0 Å². The lowest BCUT2D eigenvalue weighted by Crippen LogP contribution is -2.07. The van der Waals surface area contributed by atoms with Gasteiger partial charge in [0.1, 0.15) is 11.2 Å². The van der Waals surface area contributed by atoms with Crippen molar-refractivity contribution in [2.75, 3.05) is 0 Å². The summed E-state index contributed by atoms with van der Waals surface area (Å²) in [4.78, 5) is 12.1. The molecule has 2 nitrogen and oxygen atoms in total. The average molecular weight is 264 g/mol. The van der Waals surface area contributed by atoms with Crippen LogP contribution in [0.1, 0.15) is 5.56 Å². The van der Waals surface area contributed by atoms with Gasteiger partial charge >= 0.3 is 6.18 Å². The van der Waals surface area contributed by atoms with E-state index in [1.807, 2.05) is 0 Å². The van der Waals surface area contributed by atoms with E-state index in [4.69, 9.17) is 4.42 Å². The highest BCUT2D eigenvalue weighted by atomic mass is 19.4. The molecule has 3 rings (SSSR count). The summed E-state index contributed by atoms with van der Waals surface area (Å²) in [5, 5.41) is 0.211. The minimum absolute atomic E-state index is 0.0616. The summed E-state index contributed by atoms with van der Waals surface area (Å²) in [5.74, 6) is 0. The molecule has 0 amide bonds. The summed E-state index contributed by atoms with van der Waals surface area (Å²) in [7, 11) is 0. The number of hydrogen-bond donors (Lipinski definition) is 0. The Kier molecular flexibility index (Phi) is 2.38. The lowest BCUT2D eigenvalue weighted by molar-refractivity contribution is -0.137. The highest BCUT2D eigenvalue weighted by Crippen LogP contribution is 2.31. The molecule has 2 aromatic carbocycles. The van der Waals surface area contributed by atoms with E-state index >= 15 is 0 Å². The molecule has 1 heterocycles. The van der Waals surface area contributed by atoms with Gasteiger partial charge in [0.2, 0.25) is 5.43 Å². The monoisotopic (exact) mass is 264 g/mol. The number of alkyl halides is 3. The summed E-state index contributed by atoms with van der Waals surface area (Å²) < 4.78 is 43.3. The number of rotatable bonds is 0. The van der Waals surface area contributed by atoms with Gasteiger partial charge in [-0.2, -0.15) is 13.2 Å². The number of para-hydroxylation sites is 1. The van der Waals surface area contributed by atoms with Crippen molar-refractivity contribution in [3.8, 4) is 0 Å². The summed E-state index contributed by atoms with van der Waals surface area (Å²) in [5.41, 5.74) is -0.804. The Morgan fingerprint density at radius 3 is 2.32 bits per heavy atom. The first kappa shape index (κ1) is 11.8. The second kappa shape index (κ2) is 3.85. The van der Waals surface area contributed by atoms with Crippen molar-refractivity contribution in [2.24, 2.45) is 0 Å². The molecule has 0 N–H and O–H groups in total. The van der Waals surface area contributed by atoms with Crippen LogP contribution in [-0.2, 0) is 6.18 Å². The minimum Gasteiger partial charge on any atom is -0.456 e. The van der Waals surface area contributed by atoms with Crippen LogP contribution in [0, 0.1) is 0 Å². The molecule has 19 heavy (non-hydrogen) atoms. The van der Waals surface area contributed by atoms with Gasteiger partial charge in [-0.1, -0.05) is 12.1 Å². The lowest BCUT2D eigenvalue weighted by Gasteiger charge is -2.07. The smallest absolute Gasteiger partial charge is 0.416 e. The molecule has 0 atom stereocenters. The van der Waals surface area contributed by atoms with Gasteiger partial charge in [-0.15, -0.1) is 0 Å². The van der Waals surface area contributed by atoms with Crippen molar-refractivity contribution in [3.05, 3.63) is 58.3 Å². The topological polar surface area (TPSA) is 30.2 Å². The van der Waals surface area contributed by atoms with Gasteiger partial charge in [-0.05, 0) is 30.3 Å². The Bertz CT molecular complexity index is 831. The molecule has 0 spiro atoms.